The van der Waals surface area contributed by atoms with E-state index in [2.05, 4.69) is 25.6 Å². The normalized spacial score (nSPS) is 11.5. The van der Waals surface area contributed by atoms with Gasteiger partial charge in [0.25, 0.3) is 10.0 Å². The number of nitrogens with one attached hydrogen (secondary N) is 1. The summed E-state index contributed by atoms with van der Waals surface area (Å²) in [6.07, 6.45) is 1.43. The molecule has 0 bridgehead atoms. The van der Waals surface area contributed by atoms with Crippen molar-refractivity contribution in [3.63, 3.8) is 0 Å². The van der Waals surface area contributed by atoms with Crippen LogP contribution in [0.4, 0.5) is 0 Å². The average Bonchev–Trinajstić information content (AvgIpc) is 2.57. The van der Waals surface area contributed by atoms with Gasteiger partial charge in [-0.3, -0.25) is 9.78 Å². The molecule has 26 heavy (non-hydrogen) atoms. The first-order chi connectivity index (χ1) is 12.3. The van der Waals surface area contributed by atoms with Gasteiger partial charge in [-0.1, -0.05) is 45.7 Å². The number of carbonyl (C=O) groups is 1. The van der Waals surface area contributed by atoms with Crippen LogP contribution in [0.3, 0.4) is 0 Å². The molecule has 2 aromatic carbocycles. The van der Waals surface area contributed by atoms with Crippen molar-refractivity contribution in [3.8, 4) is 0 Å². The van der Waals surface area contributed by atoms with Gasteiger partial charge in [0.15, 0.2) is 0 Å². The summed E-state index contributed by atoms with van der Waals surface area (Å²) in [7, 11) is -4.11. The van der Waals surface area contributed by atoms with E-state index in [-0.39, 0.29) is 21.9 Å². The summed E-state index contributed by atoms with van der Waals surface area (Å²) in [5, 5.41) is 0.830. The number of aromatic nitrogens is 1. The van der Waals surface area contributed by atoms with Crippen LogP contribution < -0.4 is 4.72 Å². The minimum absolute atomic E-state index is 0.0591. The topological polar surface area (TPSA) is 76.1 Å². The van der Waals surface area contributed by atoms with Crippen molar-refractivity contribution in [2.45, 2.75) is 18.2 Å². The van der Waals surface area contributed by atoms with E-state index in [1.165, 1.54) is 12.3 Å². The maximum absolute atomic E-state index is 12.7. The Bertz CT molecular complexity index is 1120. The molecule has 0 aliphatic rings. The average molecular weight is 454 g/mol. The number of pyridine rings is 1. The van der Waals surface area contributed by atoms with Crippen LogP contribution in [0, 0.1) is 6.92 Å². The molecule has 5 nitrogen and oxygen atoms in total. The van der Waals surface area contributed by atoms with Crippen molar-refractivity contribution in [2.24, 2.45) is 0 Å². The highest BCUT2D eigenvalue weighted by Gasteiger charge is 2.22. The van der Waals surface area contributed by atoms with E-state index in [1.54, 1.807) is 30.3 Å². The van der Waals surface area contributed by atoms with Crippen LogP contribution >= 0.6 is 27.5 Å². The van der Waals surface area contributed by atoms with Gasteiger partial charge in [0.2, 0.25) is 5.91 Å². The minimum Gasteiger partial charge on any atom is -0.274 e. The molecule has 0 saturated carbocycles. The highest BCUT2D eigenvalue weighted by atomic mass is 79.9. The molecular formula is C18H14BrClN2O3S. The van der Waals surface area contributed by atoms with Crippen molar-refractivity contribution in [1.82, 2.24) is 9.71 Å². The molecule has 0 spiro atoms. The van der Waals surface area contributed by atoms with Crippen LogP contribution in [-0.4, -0.2) is 19.3 Å². The summed E-state index contributed by atoms with van der Waals surface area (Å²) in [5.41, 5.74) is 1.88. The number of sulfonamides is 1. The number of carbonyl (C=O) groups excluding carboxylic acids is 1. The van der Waals surface area contributed by atoms with Crippen LogP contribution in [0.2, 0.25) is 5.02 Å². The third-order valence-corrected chi connectivity index (χ3v) is 6.37. The molecule has 1 aromatic heterocycles. The van der Waals surface area contributed by atoms with Gasteiger partial charge in [-0.25, -0.2) is 13.1 Å². The molecule has 3 rings (SSSR count). The van der Waals surface area contributed by atoms with Gasteiger partial charge in [0, 0.05) is 21.1 Å². The number of rotatable bonds is 4. The molecule has 0 atom stereocenters. The van der Waals surface area contributed by atoms with Crippen LogP contribution in [-0.2, 0) is 21.2 Å². The molecule has 0 radical (unpaired) electrons. The highest BCUT2D eigenvalue weighted by molar-refractivity contribution is 9.10. The van der Waals surface area contributed by atoms with Crippen LogP contribution in [0.15, 0.2) is 58.0 Å². The monoisotopic (exact) mass is 452 g/mol. The number of benzene rings is 2. The quantitative estimate of drug-likeness (QED) is 0.648. The van der Waals surface area contributed by atoms with E-state index < -0.39 is 15.9 Å². The van der Waals surface area contributed by atoms with Crippen molar-refractivity contribution in [2.75, 3.05) is 0 Å². The number of hydrogen-bond donors (Lipinski definition) is 1. The van der Waals surface area contributed by atoms with E-state index in [0.717, 1.165) is 15.6 Å². The number of halogens is 2. The predicted octanol–water partition coefficient (Wildman–Crippen LogP) is 4.01. The lowest BCUT2D eigenvalue weighted by Gasteiger charge is -2.11. The SMILES string of the molecule is Cc1c(Br)cccc1CC(=O)NS(=O)(=O)c1cc(Cl)cc2cccnc12. The zero-order valence-electron chi connectivity index (χ0n) is 13.7. The molecule has 1 amide bonds. The lowest BCUT2D eigenvalue weighted by atomic mass is 10.1. The van der Waals surface area contributed by atoms with Gasteiger partial charge in [0.05, 0.1) is 11.9 Å². The van der Waals surface area contributed by atoms with Crippen molar-refractivity contribution < 1.29 is 13.2 Å². The first kappa shape index (κ1) is 18.8. The van der Waals surface area contributed by atoms with Crippen LogP contribution in [0.1, 0.15) is 11.1 Å². The van der Waals surface area contributed by atoms with Gasteiger partial charge in [-0.2, -0.15) is 0 Å². The zero-order valence-corrected chi connectivity index (χ0v) is 16.8. The second-order valence-electron chi connectivity index (χ2n) is 5.71. The number of nitrogens with zero attached hydrogens (tertiary/aromatic N) is 1. The summed E-state index contributed by atoms with van der Waals surface area (Å²) in [6.45, 7) is 1.86. The third-order valence-electron chi connectivity index (χ3n) is 3.90. The Morgan fingerprint density at radius 2 is 2.00 bits per heavy atom. The summed E-state index contributed by atoms with van der Waals surface area (Å²) >= 11 is 9.42. The molecule has 0 unspecified atom stereocenters. The summed E-state index contributed by atoms with van der Waals surface area (Å²) in [4.78, 5) is 16.3. The summed E-state index contributed by atoms with van der Waals surface area (Å²) in [5.74, 6) is -0.629. The summed E-state index contributed by atoms with van der Waals surface area (Å²) in [6, 6.07) is 11.7. The standard InChI is InChI=1S/C18H14BrClN2O3S/c1-11-12(4-2-6-15(11)19)9-17(23)22-26(24,25)16-10-14(20)8-13-5-3-7-21-18(13)16/h2-8,10H,9H2,1H3,(H,22,23). The van der Waals surface area contributed by atoms with Crippen LogP contribution in [0.25, 0.3) is 10.9 Å². The second kappa shape index (κ2) is 7.34. The first-order valence-corrected chi connectivity index (χ1v) is 10.3. The fraction of sp³-hybridized carbons (Fsp3) is 0.111. The van der Waals surface area contributed by atoms with E-state index in [0.29, 0.717) is 5.39 Å². The number of fused-ring (bicyclic) bond motifs is 1. The van der Waals surface area contributed by atoms with E-state index in [9.17, 15) is 13.2 Å². The smallest absolute Gasteiger partial charge is 0.266 e. The molecular weight excluding hydrogens is 440 g/mol. The molecule has 134 valence electrons. The Labute approximate surface area is 164 Å². The molecule has 1 N–H and O–H groups in total. The maximum Gasteiger partial charge on any atom is 0.266 e. The van der Waals surface area contributed by atoms with Crippen molar-refractivity contribution in [3.05, 3.63) is 69.3 Å². The molecule has 0 aliphatic carbocycles. The largest absolute Gasteiger partial charge is 0.274 e. The van der Waals surface area contributed by atoms with Crippen LogP contribution in [0.5, 0.6) is 0 Å². The minimum atomic E-state index is -4.11. The van der Waals surface area contributed by atoms with Gasteiger partial charge in [-0.05, 0) is 42.3 Å². The van der Waals surface area contributed by atoms with E-state index >= 15 is 0 Å². The third kappa shape index (κ3) is 3.90. The highest BCUT2D eigenvalue weighted by Crippen LogP contribution is 2.26. The van der Waals surface area contributed by atoms with Gasteiger partial charge < -0.3 is 0 Å². The van der Waals surface area contributed by atoms with E-state index in [4.69, 9.17) is 11.6 Å². The zero-order chi connectivity index (χ0) is 18.9. The fourth-order valence-corrected chi connectivity index (χ4v) is 4.47. The molecule has 8 heteroatoms. The van der Waals surface area contributed by atoms with Gasteiger partial charge in [0.1, 0.15) is 4.90 Å². The molecule has 1 heterocycles. The van der Waals surface area contributed by atoms with Crippen molar-refractivity contribution >= 4 is 54.4 Å². The lowest BCUT2D eigenvalue weighted by molar-refractivity contribution is -0.118. The molecule has 0 saturated heterocycles. The van der Waals surface area contributed by atoms with Gasteiger partial charge in [-0.15, -0.1) is 0 Å². The molecule has 0 fully saturated rings. The number of hydrogen-bond acceptors (Lipinski definition) is 4. The van der Waals surface area contributed by atoms with Gasteiger partial charge >= 0.3 is 0 Å². The maximum atomic E-state index is 12.7. The Morgan fingerprint density at radius 1 is 1.23 bits per heavy atom. The predicted molar refractivity (Wildman–Crippen MR) is 105 cm³/mol. The Kier molecular flexibility index (Phi) is 5.32. The second-order valence-corrected chi connectivity index (χ2v) is 8.65. The fourth-order valence-electron chi connectivity index (χ4n) is 2.59. The Balaban J connectivity index is 1.92. The molecule has 3 aromatic rings. The molecule has 0 aliphatic heterocycles. The first-order valence-electron chi connectivity index (χ1n) is 7.62. The Hall–Kier alpha value is -1.96. The van der Waals surface area contributed by atoms with E-state index in [1.807, 2.05) is 13.0 Å². The lowest BCUT2D eigenvalue weighted by Crippen LogP contribution is -2.32. The summed E-state index contributed by atoms with van der Waals surface area (Å²) < 4.78 is 28.4. The Morgan fingerprint density at radius 3 is 2.77 bits per heavy atom. The number of amides is 1. The van der Waals surface area contributed by atoms with Crippen molar-refractivity contribution in [1.29, 1.82) is 0 Å².